The fourth-order valence-corrected chi connectivity index (χ4v) is 2.85. The van der Waals surface area contributed by atoms with Crippen LogP contribution in [-0.4, -0.2) is 25.1 Å². The average molecular weight is 354 g/mol. The van der Waals surface area contributed by atoms with Crippen molar-refractivity contribution < 1.29 is 19.1 Å². The lowest BCUT2D eigenvalue weighted by atomic mass is 10.2. The van der Waals surface area contributed by atoms with Gasteiger partial charge in [-0.15, -0.1) is 11.3 Å². The number of ether oxygens (including phenoxy) is 2. The predicted octanol–water partition coefficient (Wildman–Crippen LogP) is 3.90. The Morgan fingerprint density at radius 2 is 2.04 bits per heavy atom. The Morgan fingerprint density at radius 1 is 1.26 bits per heavy atom. The molecular formula is C16H16ClNO4S. The molecule has 0 radical (unpaired) electrons. The first-order valence-electron chi connectivity index (χ1n) is 6.95. The lowest BCUT2D eigenvalue weighted by Crippen LogP contribution is -2.19. The molecule has 122 valence electrons. The number of esters is 1. The second-order valence-corrected chi connectivity index (χ2v) is 6.15. The number of halogens is 1. The van der Waals surface area contributed by atoms with Crippen molar-refractivity contribution in [2.45, 2.75) is 13.8 Å². The van der Waals surface area contributed by atoms with Gasteiger partial charge in [0.2, 0.25) is 0 Å². The highest BCUT2D eigenvalue weighted by Gasteiger charge is 2.12. The molecule has 7 heteroatoms. The van der Waals surface area contributed by atoms with Gasteiger partial charge >= 0.3 is 5.97 Å². The van der Waals surface area contributed by atoms with Crippen LogP contribution in [0.2, 0.25) is 5.02 Å². The lowest BCUT2D eigenvalue weighted by Gasteiger charge is -2.09. The third kappa shape index (κ3) is 4.97. The Kier molecular flexibility index (Phi) is 6.01. The zero-order valence-electron chi connectivity index (χ0n) is 12.7. The summed E-state index contributed by atoms with van der Waals surface area (Å²) in [6.45, 7) is 3.77. The molecule has 2 rings (SSSR count). The number of benzene rings is 1. The van der Waals surface area contributed by atoms with Crippen LogP contribution in [0.25, 0.3) is 0 Å². The van der Waals surface area contributed by atoms with Crippen LogP contribution >= 0.6 is 22.9 Å². The normalized spacial score (nSPS) is 10.2. The summed E-state index contributed by atoms with van der Waals surface area (Å²) < 4.78 is 10.4. The molecule has 1 aromatic carbocycles. The maximum absolute atomic E-state index is 11.9. The van der Waals surface area contributed by atoms with Crippen LogP contribution in [0.1, 0.15) is 22.2 Å². The highest BCUT2D eigenvalue weighted by atomic mass is 35.5. The minimum atomic E-state index is -0.397. The number of carbonyl (C=O) groups excluding carboxylic acids is 2. The van der Waals surface area contributed by atoms with E-state index in [4.69, 9.17) is 21.1 Å². The molecule has 5 nitrogen and oxygen atoms in total. The topological polar surface area (TPSA) is 64.6 Å². The van der Waals surface area contributed by atoms with E-state index in [-0.39, 0.29) is 12.5 Å². The van der Waals surface area contributed by atoms with E-state index in [0.717, 1.165) is 16.9 Å². The standard InChI is InChI=1S/C16H16ClNO4S/c1-3-21-16(20)13-6-7-15(23-13)18-14(19)9-22-12-5-4-11(17)8-10(12)2/h4-8H,3,9H2,1-2H3,(H,18,19). The van der Waals surface area contributed by atoms with Gasteiger partial charge in [0.05, 0.1) is 11.6 Å². The summed E-state index contributed by atoms with van der Waals surface area (Å²) >= 11 is 7.02. The molecule has 0 fully saturated rings. The van der Waals surface area contributed by atoms with E-state index in [9.17, 15) is 9.59 Å². The number of hydrogen-bond acceptors (Lipinski definition) is 5. The molecule has 1 heterocycles. The summed E-state index contributed by atoms with van der Waals surface area (Å²) in [4.78, 5) is 23.9. The van der Waals surface area contributed by atoms with Crippen molar-refractivity contribution in [1.29, 1.82) is 0 Å². The van der Waals surface area contributed by atoms with Gasteiger partial charge in [-0.3, -0.25) is 4.79 Å². The number of amides is 1. The van der Waals surface area contributed by atoms with Crippen LogP contribution in [0.4, 0.5) is 5.00 Å². The van der Waals surface area contributed by atoms with Gasteiger partial charge in [0.15, 0.2) is 6.61 Å². The van der Waals surface area contributed by atoms with Gasteiger partial charge in [0.1, 0.15) is 10.6 Å². The number of aryl methyl sites for hydroxylation is 1. The first-order valence-corrected chi connectivity index (χ1v) is 8.14. The molecule has 1 aromatic heterocycles. The molecule has 0 spiro atoms. The minimum Gasteiger partial charge on any atom is -0.483 e. The van der Waals surface area contributed by atoms with Crippen molar-refractivity contribution in [3.63, 3.8) is 0 Å². The highest BCUT2D eigenvalue weighted by Crippen LogP contribution is 2.24. The van der Waals surface area contributed by atoms with Gasteiger partial charge in [-0.1, -0.05) is 11.6 Å². The Hall–Kier alpha value is -2.05. The van der Waals surface area contributed by atoms with E-state index in [1.54, 1.807) is 37.3 Å². The van der Waals surface area contributed by atoms with E-state index >= 15 is 0 Å². The highest BCUT2D eigenvalue weighted by molar-refractivity contribution is 7.18. The number of hydrogen-bond donors (Lipinski definition) is 1. The molecular weight excluding hydrogens is 338 g/mol. The monoisotopic (exact) mass is 353 g/mol. The average Bonchev–Trinajstić information content (AvgIpc) is 2.95. The van der Waals surface area contributed by atoms with Crippen molar-refractivity contribution in [3.8, 4) is 5.75 Å². The number of carbonyl (C=O) groups is 2. The second kappa shape index (κ2) is 7.99. The quantitative estimate of drug-likeness (QED) is 0.800. The van der Waals surface area contributed by atoms with Gasteiger partial charge < -0.3 is 14.8 Å². The van der Waals surface area contributed by atoms with Gasteiger partial charge in [-0.25, -0.2) is 4.79 Å². The first-order chi connectivity index (χ1) is 11.0. The molecule has 0 aliphatic carbocycles. The lowest BCUT2D eigenvalue weighted by molar-refractivity contribution is -0.118. The van der Waals surface area contributed by atoms with Crippen molar-refractivity contribution in [3.05, 3.63) is 45.8 Å². The number of thiophene rings is 1. The summed E-state index contributed by atoms with van der Waals surface area (Å²) in [6.07, 6.45) is 0. The maximum atomic E-state index is 11.9. The van der Waals surface area contributed by atoms with Crippen LogP contribution in [-0.2, 0) is 9.53 Å². The zero-order chi connectivity index (χ0) is 16.8. The molecule has 0 unspecified atom stereocenters. The van der Waals surface area contributed by atoms with E-state index in [2.05, 4.69) is 5.32 Å². The van der Waals surface area contributed by atoms with E-state index in [1.165, 1.54) is 0 Å². The maximum Gasteiger partial charge on any atom is 0.348 e. The summed E-state index contributed by atoms with van der Waals surface area (Å²) in [5.41, 5.74) is 0.853. The fourth-order valence-electron chi connectivity index (χ4n) is 1.81. The molecule has 0 saturated heterocycles. The Morgan fingerprint density at radius 3 is 2.74 bits per heavy atom. The molecule has 1 N–H and O–H groups in total. The summed E-state index contributed by atoms with van der Waals surface area (Å²) in [6, 6.07) is 8.45. The molecule has 23 heavy (non-hydrogen) atoms. The van der Waals surface area contributed by atoms with Crippen LogP contribution in [0, 0.1) is 6.92 Å². The third-order valence-corrected chi connectivity index (χ3v) is 4.06. The van der Waals surface area contributed by atoms with E-state index in [1.807, 2.05) is 6.92 Å². The summed E-state index contributed by atoms with van der Waals surface area (Å²) in [5.74, 6) is -0.106. The zero-order valence-corrected chi connectivity index (χ0v) is 14.3. The van der Waals surface area contributed by atoms with E-state index < -0.39 is 5.97 Å². The van der Waals surface area contributed by atoms with Crippen LogP contribution in [0.3, 0.4) is 0 Å². The van der Waals surface area contributed by atoms with Gasteiger partial charge in [-0.2, -0.15) is 0 Å². The van der Waals surface area contributed by atoms with E-state index in [0.29, 0.717) is 27.3 Å². The Bertz CT molecular complexity index is 714. The van der Waals surface area contributed by atoms with Gasteiger partial charge in [-0.05, 0) is 49.7 Å². The largest absolute Gasteiger partial charge is 0.483 e. The third-order valence-electron chi connectivity index (χ3n) is 2.84. The number of rotatable bonds is 6. The smallest absolute Gasteiger partial charge is 0.348 e. The summed E-state index contributed by atoms with van der Waals surface area (Å²) in [7, 11) is 0. The molecule has 0 atom stereocenters. The molecule has 0 saturated carbocycles. The Labute approximate surface area is 143 Å². The molecule has 1 amide bonds. The Balaban J connectivity index is 1.88. The fraction of sp³-hybridized carbons (Fsp3) is 0.250. The molecule has 2 aromatic rings. The van der Waals surface area contributed by atoms with Gasteiger partial charge in [0, 0.05) is 5.02 Å². The molecule has 0 aliphatic heterocycles. The molecule has 0 aliphatic rings. The molecule has 0 bridgehead atoms. The van der Waals surface area contributed by atoms with Crippen molar-refractivity contribution in [2.24, 2.45) is 0 Å². The van der Waals surface area contributed by atoms with Crippen LogP contribution < -0.4 is 10.1 Å². The van der Waals surface area contributed by atoms with Crippen molar-refractivity contribution >= 4 is 39.8 Å². The van der Waals surface area contributed by atoms with Crippen LogP contribution in [0.5, 0.6) is 5.75 Å². The predicted molar refractivity (Wildman–Crippen MR) is 90.6 cm³/mol. The number of anilines is 1. The van der Waals surface area contributed by atoms with Crippen molar-refractivity contribution in [1.82, 2.24) is 0 Å². The van der Waals surface area contributed by atoms with Gasteiger partial charge in [0.25, 0.3) is 5.91 Å². The summed E-state index contributed by atoms with van der Waals surface area (Å²) in [5, 5.41) is 3.86. The number of nitrogens with one attached hydrogen (secondary N) is 1. The van der Waals surface area contributed by atoms with Crippen LogP contribution in [0.15, 0.2) is 30.3 Å². The SMILES string of the molecule is CCOC(=O)c1ccc(NC(=O)COc2ccc(Cl)cc2C)s1. The second-order valence-electron chi connectivity index (χ2n) is 4.63. The van der Waals surface area contributed by atoms with Crippen molar-refractivity contribution in [2.75, 3.05) is 18.5 Å². The first kappa shape index (κ1) is 17.3. The minimum absolute atomic E-state index is 0.130.